The zero-order valence-corrected chi connectivity index (χ0v) is 16.8. The molecule has 0 atom stereocenters. The van der Waals surface area contributed by atoms with Gasteiger partial charge in [0.15, 0.2) is 11.5 Å². The van der Waals surface area contributed by atoms with E-state index in [0.29, 0.717) is 40.6 Å². The van der Waals surface area contributed by atoms with Gasteiger partial charge < -0.3 is 15.2 Å². The number of nitriles is 1. The maximum atomic E-state index is 12.7. The smallest absolute Gasteiger partial charge is 0.255 e. The number of halogens is 1. The summed E-state index contributed by atoms with van der Waals surface area (Å²) in [7, 11) is 0. The molecule has 1 aliphatic rings. The molecule has 0 unspecified atom stereocenters. The molecule has 3 aromatic heterocycles. The van der Waals surface area contributed by atoms with Crippen LogP contribution < -0.4 is 5.32 Å². The number of carbonyl (C=O) groups excluding carboxylic acids is 2. The van der Waals surface area contributed by atoms with Gasteiger partial charge in [-0.15, -0.1) is 0 Å². The third kappa shape index (κ3) is 3.35. The number of aromatic amines is 1. The van der Waals surface area contributed by atoms with Crippen molar-refractivity contribution in [2.24, 2.45) is 5.92 Å². The number of likely N-dealkylation sites (tertiary alicyclic amines) is 1. The van der Waals surface area contributed by atoms with E-state index in [9.17, 15) is 9.59 Å². The predicted molar refractivity (Wildman–Crippen MR) is 112 cm³/mol. The lowest BCUT2D eigenvalue weighted by molar-refractivity contribution is -0.135. The Morgan fingerprint density at radius 3 is 2.97 bits per heavy atom. The van der Waals surface area contributed by atoms with Gasteiger partial charge in [0.1, 0.15) is 11.8 Å². The number of rotatable bonds is 4. The molecule has 1 aliphatic heterocycles. The van der Waals surface area contributed by atoms with E-state index >= 15 is 0 Å². The third-order valence-corrected chi connectivity index (χ3v) is 5.42. The van der Waals surface area contributed by atoms with E-state index < -0.39 is 5.91 Å². The Hall–Kier alpha value is -3.97. The van der Waals surface area contributed by atoms with Gasteiger partial charge in [-0.3, -0.25) is 14.2 Å². The molecular weight excluding hydrogens is 420 g/mol. The number of amides is 2. The molecule has 0 spiro atoms. The first-order valence-corrected chi connectivity index (χ1v) is 9.84. The first-order valence-electron chi connectivity index (χ1n) is 9.46. The van der Waals surface area contributed by atoms with Crippen molar-refractivity contribution in [1.82, 2.24) is 34.7 Å². The number of nitrogens with one attached hydrogen (secondary N) is 2. The van der Waals surface area contributed by atoms with Gasteiger partial charge >= 0.3 is 0 Å². The Morgan fingerprint density at radius 2 is 2.16 bits per heavy atom. The molecule has 1 saturated heterocycles. The minimum absolute atomic E-state index is 0.128. The van der Waals surface area contributed by atoms with Gasteiger partial charge in [-0.05, 0) is 18.2 Å². The van der Waals surface area contributed by atoms with Crippen molar-refractivity contribution in [3.63, 3.8) is 0 Å². The first-order chi connectivity index (χ1) is 15.0. The molecule has 154 valence electrons. The van der Waals surface area contributed by atoms with Gasteiger partial charge in [0, 0.05) is 24.3 Å². The summed E-state index contributed by atoms with van der Waals surface area (Å²) in [6.07, 6.45) is 4.70. The molecule has 1 fully saturated rings. The standard InChI is InChI=1S/C20H15ClN8O2/c21-12-1-2-15-14(3-12)26-10-29(15)16-6-24-19-18(27-16)13(5-23-19)20(31)25-7-17(30)28-8-11(4-22)9-28/h1-3,5-6,10-11H,7-9H2,(H,23,24)(H,25,31). The number of aromatic nitrogens is 5. The lowest BCUT2D eigenvalue weighted by Gasteiger charge is -2.35. The van der Waals surface area contributed by atoms with Crippen LogP contribution in [0.15, 0.2) is 36.9 Å². The molecule has 4 aromatic rings. The van der Waals surface area contributed by atoms with Gasteiger partial charge in [0.2, 0.25) is 5.91 Å². The molecule has 2 N–H and O–H groups in total. The van der Waals surface area contributed by atoms with E-state index in [1.54, 1.807) is 29.2 Å². The Bertz CT molecular complexity index is 1380. The van der Waals surface area contributed by atoms with E-state index in [1.165, 1.54) is 11.1 Å². The third-order valence-electron chi connectivity index (χ3n) is 5.19. The number of fused-ring (bicyclic) bond motifs is 2. The molecule has 0 radical (unpaired) electrons. The summed E-state index contributed by atoms with van der Waals surface area (Å²) in [5, 5.41) is 12.0. The summed E-state index contributed by atoms with van der Waals surface area (Å²) in [6.45, 7) is 0.651. The fourth-order valence-corrected chi connectivity index (χ4v) is 3.63. The van der Waals surface area contributed by atoms with Crippen LogP contribution in [0.25, 0.3) is 28.0 Å². The highest BCUT2D eigenvalue weighted by Crippen LogP contribution is 2.22. The van der Waals surface area contributed by atoms with E-state index in [1.807, 2.05) is 6.07 Å². The number of nitrogens with zero attached hydrogens (tertiary/aromatic N) is 6. The van der Waals surface area contributed by atoms with Crippen LogP contribution in [0.3, 0.4) is 0 Å². The van der Waals surface area contributed by atoms with Gasteiger partial charge in [0.25, 0.3) is 5.91 Å². The normalized spacial score (nSPS) is 13.9. The van der Waals surface area contributed by atoms with E-state index in [0.717, 1.165) is 5.52 Å². The Labute approximate surface area is 180 Å². The van der Waals surface area contributed by atoms with Crippen molar-refractivity contribution in [2.75, 3.05) is 19.6 Å². The van der Waals surface area contributed by atoms with Crippen molar-refractivity contribution >= 4 is 45.6 Å². The number of imidazole rings is 1. The molecule has 0 aliphatic carbocycles. The summed E-state index contributed by atoms with van der Waals surface area (Å²) in [5.74, 6) is -0.303. The van der Waals surface area contributed by atoms with Crippen molar-refractivity contribution in [1.29, 1.82) is 5.26 Å². The molecule has 4 heterocycles. The second-order valence-electron chi connectivity index (χ2n) is 7.18. The average molecular weight is 435 g/mol. The quantitative estimate of drug-likeness (QED) is 0.502. The van der Waals surface area contributed by atoms with Gasteiger partial charge in [-0.2, -0.15) is 5.26 Å². The lowest BCUT2D eigenvalue weighted by atomic mass is 10.0. The van der Waals surface area contributed by atoms with Crippen LogP contribution >= 0.6 is 11.6 Å². The minimum Gasteiger partial charge on any atom is -0.344 e. The van der Waals surface area contributed by atoms with E-state index in [4.69, 9.17) is 16.9 Å². The monoisotopic (exact) mass is 434 g/mol. The molecule has 2 amide bonds. The topological polar surface area (TPSA) is 133 Å². The van der Waals surface area contributed by atoms with Crippen LogP contribution in [-0.2, 0) is 4.79 Å². The Balaban J connectivity index is 1.38. The lowest BCUT2D eigenvalue weighted by Crippen LogP contribution is -2.52. The highest BCUT2D eigenvalue weighted by atomic mass is 35.5. The number of hydrogen-bond acceptors (Lipinski definition) is 6. The molecule has 0 saturated carbocycles. The Morgan fingerprint density at radius 1 is 1.32 bits per heavy atom. The molecular formula is C20H15ClN8O2. The zero-order chi connectivity index (χ0) is 21.5. The highest BCUT2D eigenvalue weighted by molar-refractivity contribution is 6.31. The minimum atomic E-state index is -0.439. The summed E-state index contributed by atoms with van der Waals surface area (Å²) in [4.78, 5) is 42.5. The van der Waals surface area contributed by atoms with Gasteiger partial charge in [-0.25, -0.2) is 15.0 Å². The second-order valence-corrected chi connectivity index (χ2v) is 7.62. The fourth-order valence-electron chi connectivity index (χ4n) is 3.47. The maximum absolute atomic E-state index is 12.7. The predicted octanol–water partition coefficient (Wildman–Crippen LogP) is 1.66. The molecule has 11 heteroatoms. The maximum Gasteiger partial charge on any atom is 0.255 e. The molecule has 5 rings (SSSR count). The molecule has 31 heavy (non-hydrogen) atoms. The van der Waals surface area contributed by atoms with Crippen molar-refractivity contribution in [3.05, 3.63) is 47.5 Å². The van der Waals surface area contributed by atoms with Gasteiger partial charge in [0.05, 0.1) is 41.3 Å². The SMILES string of the molecule is N#CC1CN(C(=O)CNC(=O)c2c[nH]c3ncc(-n4cnc5cc(Cl)ccc54)nc23)C1. The summed E-state index contributed by atoms with van der Waals surface area (Å²) >= 11 is 6.02. The second kappa shape index (κ2) is 7.37. The molecule has 1 aromatic carbocycles. The number of hydrogen-bond donors (Lipinski definition) is 2. The summed E-state index contributed by atoms with van der Waals surface area (Å²) in [6, 6.07) is 7.46. The zero-order valence-electron chi connectivity index (χ0n) is 16.0. The molecule has 0 bridgehead atoms. The van der Waals surface area contributed by atoms with Crippen LogP contribution in [0.5, 0.6) is 0 Å². The number of benzene rings is 1. The first kappa shape index (κ1) is 19.0. The van der Waals surface area contributed by atoms with Crippen molar-refractivity contribution in [3.8, 4) is 11.9 Å². The van der Waals surface area contributed by atoms with Crippen LogP contribution in [-0.4, -0.2) is 60.9 Å². The largest absolute Gasteiger partial charge is 0.344 e. The fraction of sp³-hybridized carbons (Fsp3) is 0.200. The average Bonchev–Trinajstić information content (AvgIpc) is 3.34. The van der Waals surface area contributed by atoms with Crippen LogP contribution in [0.4, 0.5) is 0 Å². The van der Waals surface area contributed by atoms with E-state index in [2.05, 4.69) is 31.3 Å². The van der Waals surface area contributed by atoms with Crippen LogP contribution in [0, 0.1) is 17.2 Å². The highest BCUT2D eigenvalue weighted by Gasteiger charge is 2.30. The van der Waals surface area contributed by atoms with Crippen molar-refractivity contribution < 1.29 is 9.59 Å². The van der Waals surface area contributed by atoms with Crippen LogP contribution in [0.2, 0.25) is 5.02 Å². The summed E-state index contributed by atoms with van der Waals surface area (Å²) < 4.78 is 1.76. The van der Waals surface area contributed by atoms with Crippen LogP contribution in [0.1, 0.15) is 10.4 Å². The van der Waals surface area contributed by atoms with Gasteiger partial charge in [-0.1, -0.05) is 11.6 Å². The number of H-pyrrole nitrogens is 1. The Kier molecular flexibility index (Phi) is 4.52. The van der Waals surface area contributed by atoms with E-state index in [-0.39, 0.29) is 23.9 Å². The number of carbonyl (C=O) groups is 2. The van der Waals surface area contributed by atoms with Crippen molar-refractivity contribution in [2.45, 2.75) is 0 Å². The molecule has 10 nitrogen and oxygen atoms in total. The summed E-state index contributed by atoms with van der Waals surface area (Å²) in [5.41, 5.74) is 2.63.